The van der Waals surface area contributed by atoms with E-state index in [2.05, 4.69) is 54.6 Å². The molecule has 1 nitrogen and oxygen atoms in total. The monoisotopic (exact) mass is 238 g/mol. The van der Waals surface area contributed by atoms with E-state index in [4.69, 9.17) is 4.74 Å². The third-order valence-electron chi connectivity index (χ3n) is 3.65. The molecule has 1 fully saturated rings. The summed E-state index contributed by atoms with van der Waals surface area (Å²) in [6, 6.07) is 19.5. The highest BCUT2D eigenvalue weighted by atomic mass is 16.5. The number of hydrogen-bond donors (Lipinski definition) is 0. The van der Waals surface area contributed by atoms with Gasteiger partial charge in [0.2, 0.25) is 0 Å². The van der Waals surface area contributed by atoms with E-state index in [1.807, 2.05) is 0 Å². The average molecular weight is 238 g/mol. The summed E-state index contributed by atoms with van der Waals surface area (Å²) in [4.78, 5) is 0. The minimum atomic E-state index is 0.587. The van der Waals surface area contributed by atoms with Gasteiger partial charge in [-0.2, -0.15) is 0 Å². The molecule has 0 amide bonds. The molecule has 1 aliphatic rings. The van der Waals surface area contributed by atoms with Gasteiger partial charge in [0.05, 0.1) is 6.61 Å². The Morgan fingerprint density at radius 2 is 1.56 bits per heavy atom. The largest absolute Gasteiger partial charge is 0.381 e. The van der Waals surface area contributed by atoms with E-state index in [0.29, 0.717) is 5.92 Å². The van der Waals surface area contributed by atoms with Gasteiger partial charge in [-0.1, -0.05) is 54.6 Å². The van der Waals surface area contributed by atoms with Gasteiger partial charge < -0.3 is 4.74 Å². The summed E-state index contributed by atoms with van der Waals surface area (Å²) in [7, 11) is 0. The molecule has 0 aliphatic carbocycles. The fourth-order valence-electron chi connectivity index (χ4n) is 2.58. The molecule has 92 valence electrons. The van der Waals surface area contributed by atoms with Crippen molar-refractivity contribution in [3.05, 3.63) is 60.2 Å². The first-order valence-electron chi connectivity index (χ1n) is 6.66. The van der Waals surface area contributed by atoms with E-state index in [0.717, 1.165) is 13.2 Å². The normalized spacial score (nSPS) is 19.7. The molecule has 0 saturated carbocycles. The molecule has 1 atom stereocenters. The maximum absolute atomic E-state index is 5.55. The summed E-state index contributed by atoms with van der Waals surface area (Å²) in [5.41, 5.74) is 3.98. The van der Waals surface area contributed by atoms with Gasteiger partial charge in [0.15, 0.2) is 0 Å². The van der Waals surface area contributed by atoms with Crippen molar-refractivity contribution in [2.75, 3.05) is 13.2 Å². The SMILES string of the molecule is c1ccc(-c2ccc(C3CCCOC3)cc2)cc1. The van der Waals surface area contributed by atoms with Crippen molar-refractivity contribution >= 4 is 0 Å². The van der Waals surface area contributed by atoms with Crippen LogP contribution >= 0.6 is 0 Å². The predicted molar refractivity (Wildman–Crippen MR) is 74.7 cm³/mol. The molecule has 2 aromatic carbocycles. The lowest BCUT2D eigenvalue weighted by atomic mass is 9.92. The van der Waals surface area contributed by atoms with Gasteiger partial charge in [-0.3, -0.25) is 0 Å². The van der Waals surface area contributed by atoms with Crippen molar-refractivity contribution in [2.24, 2.45) is 0 Å². The van der Waals surface area contributed by atoms with Gasteiger partial charge in [0, 0.05) is 12.5 Å². The van der Waals surface area contributed by atoms with Crippen LogP contribution < -0.4 is 0 Å². The van der Waals surface area contributed by atoms with Crippen molar-refractivity contribution in [1.29, 1.82) is 0 Å². The molecule has 1 saturated heterocycles. The fourth-order valence-corrected chi connectivity index (χ4v) is 2.58. The lowest BCUT2D eigenvalue weighted by Gasteiger charge is -2.22. The first-order chi connectivity index (χ1) is 8.93. The molecule has 0 N–H and O–H groups in total. The highest BCUT2D eigenvalue weighted by molar-refractivity contribution is 5.63. The topological polar surface area (TPSA) is 9.23 Å². The van der Waals surface area contributed by atoms with Crippen LogP contribution in [-0.2, 0) is 4.74 Å². The second kappa shape index (κ2) is 5.36. The Balaban J connectivity index is 1.80. The van der Waals surface area contributed by atoms with E-state index < -0.39 is 0 Å². The standard InChI is InChI=1S/C17H18O/c1-2-5-14(6-3-1)15-8-10-16(11-9-15)17-7-4-12-18-13-17/h1-3,5-6,8-11,17H,4,7,12-13H2. The summed E-state index contributed by atoms with van der Waals surface area (Å²) in [5, 5.41) is 0. The molecule has 0 radical (unpaired) electrons. The molecule has 1 heteroatoms. The van der Waals surface area contributed by atoms with Crippen molar-refractivity contribution in [2.45, 2.75) is 18.8 Å². The van der Waals surface area contributed by atoms with Crippen LogP contribution in [0.4, 0.5) is 0 Å². The zero-order valence-corrected chi connectivity index (χ0v) is 10.5. The van der Waals surface area contributed by atoms with Gasteiger partial charge in [-0.15, -0.1) is 0 Å². The molecule has 18 heavy (non-hydrogen) atoms. The van der Waals surface area contributed by atoms with Crippen molar-refractivity contribution in [3.63, 3.8) is 0 Å². The lowest BCUT2D eigenvalue weighted by Crippen LogP contribution is -2.15. The van der Waals surface area contributed by atoms with Crippen LogP contribution in [0.5, 0.6) is 0 Å². The molecule has 3 rings (SSSR count). The second-order valence-corrected chi connectivity index (χ2v) is 4.90. The number of ether oxygens (including phenoxy) is 1. The molecule has 2 aromatic rings. The highest BCUT2D eigenvalue weighted by Crippen LogP contribution is 2.27. The fraction of sp³-hybridized carbons (Fsp3) is 0.294. The van der Waals surface area contributed by atoms with Crippen LogP contribution in [0.2, 0.25) is 0 Å². The Morgan fingerprint density at radius 1 is 0.833 bits per heavy atom. The molecule has 0 aromatic heterocycles. The number of benzene rings is 2. The maximum atomic E-state index is 5.55. The van der Waals surface area contributed by atoms with E-state index in [1.165, 1.54) is 29.5 Å². The third-order valence-corrected chi connectivity index (χ3v) is 3.65. The van der Waals surface area contributed by atoms with Crippen LogP contribution in [0.15, 0.2) is 54.6 Å². The van der Waals surface area contributed by atoms with Gasteiger partial charge in [0.1, 0.15) is 0 Å². The van der Waals surface area contributed by atoms with Crippen molar-refractivity contribution < 1.29 is 4.74 Å². The molecular formula is C17H18O. The molecule has 1 heterocycles. The van der Waals surface area contributed by atoms with Crippen LogP contribution in [0, 0.1) is 0 Å². The Bertz CT molecular complexity index is 481. The van der Waals surface area contributed by atoms with Crippen molar-refractivity contribution in [1.82, 2.24) is 0 Å². The summed E-state index contributed by atoms with van der Waals surface area (Å²) in [6.45, 7) is 1.81. The Labute approximate surface area is 108 Å². The summed E-state index contributed by atoms with van der Waals surface area (Å²) < 4.78 is 5.55. The van der Waals surface area contributed by atoms with Crippen LogP contribution in [0.3, 0.4) is 0 Å². The number of rotatable bonds is 2. The van der Waals surface area contributed by atoms with Gasteiger partial charge >= 0.3 is 0 Å². The van der Waals surface area contributed by atoms with E-state index >= 15 is 0 Å². The molecule has 1 aliphatic heterocycles. The Kier molecular flexibility index (Phi) is 3.42. The molecule has 1 unspecified atom stereocenters. The second-order valence-electron chi connectivity index (χ2n) is 4.90. The predicted octanol–water partition coefficient (Wildman–Crippen LogP) is 4.25. The first-order valence-corrected chi connectivity index (χ1v) is 6.66. The van der Waals surface area contributed by atoms with Gasteiger partial charge in [-0.05, 0) is 29.5 Å². The minimum absolute atomic E-state index is 0.587. The van der Waals surface area contributed by atoms with Crippen molar-refractivity contribution in [3.8, 4) is 11.1 Å². The van der Waals surface area contributed by atoms with E-state index in [1.54, 1.807) is 0 Å². The summed E-state index contributed by atoms with van der Waals surface area (Å²) in [6.07, 6.45) is 2.44. The Hall–Kier alpha value is -1.60. The quantitative estimate of drug-likeness (QED) is 0.760. The molecule has 0 bridgehead atoms. The van der Waals surface area contributed by atoms with Crippen LogP contribution in [-0.4, -0.2) is 13.2 Å². The van der Waals surface area contributed by atoms with Gasteiger partial charge in [-0.25, -0.2) is 0 Å². The first kappa shape index (κ1) is 11.5. The zero-order valence-electron chi connectivity index (χ0n) is 10.5. The van der Waals surface area contributed by atoms with Crippen LogP contribution in [0.1, 0.15) is 24.3 Å². The smallest absolute Gasteiger partial charge is 0.0534 e. The summed E-state index contributed by atoms with van der Waals surface area (Å²) in [5.74, 6) is 0.587. The van der Waals surface area contributed by atoms with Crippen LogP contribution in [0.25, 0.3) is 11.1 Å². The zero-order chi connectivity index (χ0) is 12.2. The lowest BCUT2D eigenvalue weighted by molar-refractivity contribution is 0.0804. The Morgan fingerprint density at radius 3 is 2.22 bits per heavy atom. The maximum Gasteiger partial charge on any atom is 0.0534 e. The number of hydrogen-bond acceptors (Lipinski definition) is 1. The average Bonchev–Trinajstić information content (AvgIpc) is 2.49. The summed E-state index contributed by atoms with van der Waals surface area (Å²) >= 11 is 0. The van der Waals surface area contributed by atoms with Gasteiger partial charge in [0.25, 0.3) is 0 Å². The highest BCUT2D eigenvalue weighted by Gasteiger charge is 2.15. The molecular weight excluding hydrogens is 220 g/mol. The van der Waals surface area contributed by atoms with E-state index in [9.17, 15) is 0 Å². The van der Waals surface area contributed by atoms with E-state index in [-0.39, 0.29) is 0 Å². The molecule has 0 spiro atoms. The minimum Gasteiger partial charge on any atom is -0.381 e. The third kappa shape index (κ3) is 2.46.